The van der Waals surface area contributed by atoms with Crippen LogP contribution < -0.4 is 10.6 Å². The molecule has 2 amide bonds. The molecule has 0 heterocycles. The first kappa shape index (κ1) is 16.1. The van der Waals surface area contributed by atoms with Crippen molar-refractivity contribution in [3.8, 4) is 0 Å². The number of hydrogen-bond acceptors (Lipinski definition) is 1. The first-order chi connectivity index (χ1) is 10.3. The zero-order chi connectivity index (χ0) is 16.3. The SMILES string of the molecule is Cc1cccc(NC(=O)Nc2ccccc2C(C)(C)C)c1C. The van der Waals surface area contributed by atoms with Crippen molar-refractivity contribution in [3.05, 3.63) is 59.2 Å². The summed E-state index contributed by atoms with van der Waals surface area (Å²) in [6, 6.07) is 13.6. The summed E-state index contributed by atoms with van der Waals surface area (Å²) in [4.78, 5) is 12.3. The van der Waals surface area contributed by atoms with Gasteiger partial charge in [-0.25, -0.2) is 4.79 Å². The van der Waals surface area contributed by atoms with Crippen LogP contribution in [0.1, 0.15) is 37.5 Å². The summed E-state index contributed by atoms with van der Waals surface area (Å²) in [6.07, 6.45) is 0. The molecular weight excluding hydrogens is 272 g/mol. The maximum atomic E-state index is 12.3. The smallest absolute Gasteiger partial charge is 0.307 e. The summed E-state index contributed by atoms with van der Waals surface area (Å²) in [5.41, 5.74) is 5.02. The highest BCUT2D eigenvalue weighted by Crippen LogP contribution is 2.29. The molecule has 2 rings (SSSR count). The molecule has 0 spiro atoms. The van der Waals surface area contributed by atoms with E-state index in [9.17, 15) is 4.79 Å². The molecule has 116 valence electrons. The van der Waals surface area contributed by atoms with E-state index in [1.54, 1.807) is 0 Å². The van der Waals surface area contributed by atoms with E-state index in [1.807, 2.05) is 56.3 Å². The van der Waals surface area contributed by atoms with Crippen molar-refractivity contribution >= 4 is 17.4 Å². The molecule has 2 aromatic rings. The third-order valence-corrected chi connectivity index (χ3v) is 3.84. The van der Waals surface area contributed by atoms with Gasteiger partial charge in [-0.1, -0.05) is 51.1 Å². The molecule has 0 aromatic heterocycles. The van der Waals surface area contributed by atoms with E-state index in [2.05, 4.69) is 31.4 Å². The second-order valence-corrected chi connectivity index (χ2v) is 6.62. The fourth-order valence-electron chi connectivity index (χ4n) is 2.41. The molecule has 0 fully saturated rings. The van der Waals surface area contributed by atoms with Crippen molar-refractivity contribution in [1.82, 2.24) is 0 Å². The average molecular weight is 296 g/mol. The number of para-hydroxylation sites is 1. The zero-order valence-electron chi connectivity index (χ0n) is 13.9. The quantitative estimate of drug-likeness (QED) is 0.781. The van der Waals surface area contributed by atoms with Crippen molar-refractivity contribution < 1.29 is 4.79 Å². The maximum absolute atomic E-state index is 12.3. The number of amides is 2. The summed E-state index contributed by atoms with van der Waals surface area (Å²) in [7, 11) is 0. The lowest BCUT2D eigenvalue weighted by molar-refractivity contribution is 0.262. The van der Waals surface area contributed by atoms with E-state index in [0.29, 0.717) is 0 Å². The summed E-state index contributed by atoms with van der Waals surface area (Å²) < 4.78 is 0. The van der Waals surface area contributed by atoms with Crippen LogP contribution in [0.3, 0.4) is 0 Å². The fraction of sp³-hybridized carbons (Fsp3) is 0.316. The number of nitrogens with one attached hydrogen (secondary N) is 2. The molecule has 0 saturated heterocycles. The zero-order valence-corrected chi connectivity index (χ0v) is 13.9. The standard InChI is InChI=1S/C19H24N2O/c1-13-9-8-12-16(14(13)2)20-18(22)21-17-11-7-6-10-15(17)19(3,4)5/h6-12H,1-5H3,(H2,20,21,22). The molecule has 0 bridgehead atoms. The van der Waals surface area contributed by atoms with Gasteiger partial charge in [0.05, 0.1) is 0 Å². The van der Waals surface area contributed by atoms with Gasteiger partial charge in [-0.2, -0.15) is 0 Å². The van der Waals surface area contributed by atoms with Gasteiger partial charge < -0.3 is 10.6 Å². The molecule has 0 saturated carbocycles. The highest BCUT2D eigenvalue weighted by Gasteiger charge is 2.18. The van der Waals surface area contributed by atoms with Crippen LogP contribution in [0.25, 0.3) is 0 Å². The molecule has 0 atom stereocenters. The number of rotatable bonds is 2. The molecule has 0 radical (unpaired) electrons. The molecule has 0 aliphatic rings. The highest BCUT2D eigenvalue weighted by molar-refractivity contribution is 6.00. The Balaban J connectivity index is 2.18. The van der Waals surface area contributed by atoms with Crippen LogP contribution in [-0.2, 0) is 5.41 Å². The first-order valence-corrected chi connectivity index (χ1v) is 7.53. The van der Waals surface area contributed by atoms with Gasteiger partial charge in [0.2, 0.25) is 0 Å². The average Bonchev–Trinajstić information content (AvgIpc) is 2.43. The fourth-order valence-corrected chi connectivity index (χ4v) is 2.41. The molecule has 3 nitrogen and oxygen atoms in total. The van der Waals surface area contributed by atoms with E-state index < -0.39 is 0 Å². The minimum absolute atomic E-state index is 0.0247. The van der Waals surface area contributed by atoms with E-state index in [4.69, 9.17) is 0 Å². The Kier molecular flexibility index (Phi) is 4.55. The van der Waals surface area contributed by atoms with Crippen LogP contribution in [0, 0.1) is 13.8 Å². The number of urea groups is 1. The first-order valence-electron chi connectivity index (χ1n) is 7.53. The molecule has 2 aromatic carbocycles. The Labute approximate surface area is 132 Å². The monoisotopic (exact) mass is 296 g/mol. The minimum Gasteiger partial charge on any atom is -0.307 e. The van der Waals surface area contributed by atoms with Gasteiger partial charge in [-0.05, 0) is 48.1 Å². The molecular formula is C19H24N2O. The predicted octanol–water partition coefficient (Wildman–Crippen LogP) is 5.24. The van der Waals surface area contributed by atoms with Crippen molar-refractivity contribution in [2.45, 2.75) is 40.0 Å². The summed E-state index contributed by atoms with van der Waals surface area (Å²) in [5, 5.41) is 5.89. The molecule has 0 unspecified atom stereocenters. The lowest BCUT2D eigenvalue weighted by Crippen LogP contribution is -2.23. The topological polar surface area (TPSA) is 41.1 Å². The number of carbonyl (C=O) groups excluding carboxylic acids is 1. The van der Waals surface area contributed by atoms with Crippen LogP contribution in [0.5, 0.6) is 0 Å². The number of anilines is 2. The van der Waals surface area contributed by atoms with Crippen LogP contribution in [0.4, 0.5) is 16.2 Å². The molecule has 0 aliphatic heterocycles. The Morgan fingerprint density at radius 1 is 0.864 bits per heavy atom. The van der Waals surface area contributed by atoms with Gasteiger partial charge in [-0.15, -0.1) is 0 Å². The van der Waals surface area contributed by atoms with Crippen molar-refractivity contribution in [2.24, 2.45) is 0 Å². The molecule has 22 heavy (non-hydrogen) atoms. The van der Waals surface area contributed by atoms with Crippen LogP contribution in [0.2, 0.25) is 0 Å². The van der Waals surface area contributed by atoms with Gasteiger partial charge in [-0.3, -0.25) is 0 Å². The van der Waals surface area contributed by atoms with Gasteiger partial charge in [0, 0.05) is 11.4 Å². The second-order valence-electron chi connectivity index (χ2n) is 6.62. The lowest BCUT2D eigenvalue weighted by atomic mass is 9.86. The number of carbonyl (C=O) groups is 1. The predicted molar refractivity (Wildman–Crippen MR) is 93.7 cm³/mol. The van der Waals surface area contributed by atoms with Crippen molar-refractivity contribution in [2.75, 3.05) is 10.6 Å². The van der Waals surface area contributed by atoms with E-state index in [1.165, 1.54) is 0 Å². The van der Waals surface area contributed by atoms with Crippen molar-refractivity contribution in [3.63, 3.8) is 0 Å². The van der Waals surface area contributed by atoms with Crippen LogP contribution >= 0.6 is 0 Å². The van der Waals surface area contributed by atoms with E-state index in [0.717, 1.165) is 28.1 Å². The van der Waals surface area contributed by atoms with Gasteiger partial charge in [0.1, 0.15) is 0 Å². The minimum atomic E-state index is -0.217. The van der Waals surface area contributed by atoms with E-state index >= 15 is 0 Å². The number of hydrogen-bond donors (Lipinski definition) is 2. The maximum Gasteiger partial charge on any atom is 0.323 e. The number of benzene rings is 2. The molecule has 2 N–H and O–H groups in total. The summed E-state index contributed by atoms with van der Waals surface area (Å²) >= 11 is 0. The molecule has 3 heteroatoms. The van der Waals surface area contributed by atoms with E-state index in [-0.39, 0.29) is 11.4 Å². The number of aryl methyl sites for hydroxylation is 1. The Bertz CT molecular complexity index is 684. The third-order valence-electron chi connectivity index (χ3n) is 3.84. The second kappa shape index (κ2) is 6.22. The lowest BCUT2D eigenvalue weighted by Gasteiger charge is -2.23. The Morgan fingerprint density at radius 2 is 1.45 bits per heavy atom. The van der Waals surface area contributed by atoms with Crippen molar-refractivity contribution in [1.29, 1.82) is 0 Å². The summed E-state index contributed by atoms with van der Waals surface area (Å²) in [6.45, 7) is 10.4. The van der Waals surface area contributed by atoms with Gasteiger partial charge in [0.25, 0.3) is 0 Å². The largest absolute Gasteiger partial charge is 0.323 e. The Morgan fingerprint density at radius 3 is 2.14 bits per heavy atom. The van der Waals surface area contributed by atoms with Crippen LogP contribution in [0.15, 0.2) is 42.5 Å². The normalized spacial score (nSPS) is 11.1. The molecule has 0 aliphatic carbocycles. The van der Waals surface area contributed by atoms with Gasteiger partial charge >= 0.3 is 6.03 Å². The van der Waals surface area contributed by atoms with Crippen LogP contribution in [-0.4, -0.2) is 6.03 Å². The van der Waals surface area contributed by atoms with Gasteiger partial charge in [0.15, 0.2) is 0 Å². The highest BCUT2D eigenvalue weighted by atomic mass is 16.2. The summed E-state index contributed by atoms with van der Waals surface area (Å²) in [5.74, 6) is 0. The Hall–Kier alpha value is -2.29. The third kappa shape index (κ3) is 3.67.